The van der Waals surface area contributed by atoms with Gasteiger partial charge in [-0.05, 0) is 11.3 Å². The van der Waals surface area contributed by atoms with Gasteiger partial charge in [-0.15, -0.1) is 0 Å². The van der Waals surface area contributed by atoms with E-state index in [-0.39, 0.29) is 5.78 Å². The van der Waals surface area contributed by atoms with E-state index in [0.29, 0.717) is 22.3 Å². The largest absolute Gasteiger partial charge is 0.495 e. The Morgan fingerprint density at radius 2 is 2.27 bits per heavy atom. The molecule has 0 spiro atoms. The molecule has 1 aromatic rings. The Balaban J connectivity index is 2.65. The molecule has 0 radical (unpaired) electrons. The molecule has 0 bridgehead atoms. The number of rotatable bonds is 5. The minimum atomic E-state index is 0.0973. The van der Waals surface area contributed by atoms with Gasteiger partial charge < -0.3 is 4.74 Å². The fourth-order valence-corrected chi connectivity index (χ4v) is 1.66. The molecule has 0 fully saturated rings. The summed E-state index contributed by atoms with van der Waals surface area (Å²) >= 11 is 1.63. The molecule has 1 heterocycles. The summed E-state index contributed by atoms with van der Waals surface area (Å²) in [4.78, 5) is 15.6. The lowest BCUT2D eigenvalue weighted by atomic mass is 10.2. The predicted molar refractivity (Wildman–Crippen MR) is 62.7 cm³/mol. The average molecular weight is 225 g/mol. The van der Waals surface area contributed by atoms with Crippen molar-refractivity contribution in [1.82, 2.24) is 4.98 Å². The summed E-state index contributed by atoms with van der Waals surface area (Å²) in [5, 5.41) is 0.465. The molecule has 0 aromatic carbocycles. The Labute approximate surface area is 94.2 Å². The van der Waals surface area contributed by atoms with Crippen LogP contribution in [0.1, 0.15) is 24.2 Å². The van der Waals surface area contributed by atoms with Crippen molar-refractivity contribution in [1.29, 1.82) is 0 Å². The van der Waals surface area contributed by atoms with Crippen LogP contribution in [0.2, 0.25) is 0 Å². The molecule has 1 rings (SSSR count). The molecule has 0 aliphatic rings. The van der Waals surface area contributed by atoms with Crippen LogP contribution in [0.3, 0.4) is 0 Å². The van der Waals surface area contributed by atoms with Gasteiger partial charge in [0.1, 0.15) is 5.75 Å². The van der Waals surface area contributed by atoms with Crippen LogP contribution in [0, 0.1) is 0 Å². The van der Waals surface area contributed by atoms with Gasteiger partial charge in [0.2, 0.25) is 0 Å². The summed E-state index contributed by atoms with van der Waals surface area (Å²) in [7, 11) is 1.56. The van der Waals surface area contributed by atoms with Gasteiger partial charge in [0.25, 0.3) is 0 Å². The number of pyridine rings is 1. The highest BCUT2D eigenvalue weighted by atomic mass is 32.2. The number of carbonyl (C=O) groups is 1. The first-order chi connectivity index (χ1) is 7.13. The van der Waals surface area contributed by atoms with Crippen LogP contribution in [0.15, 0.2) is 18.5 Å². The van der Waals surface area contributed by atoms with Crippen LogP contribution in [0.5, 0.6) is 5.75 Å². The topological polar surface area (TPSA) is 39.2 Å². The maximum atomic E-state index is 11.7. The molecule has 82 valence electrons. The van der Waals surface area contributed by atoms with Crippen molar-refractivity contribution >= 4 is 17.5 Å². The maximum Gasteiger partial charge on any atom is 0.174 e. The van der Waals surface area contributed by atoms with Crippen molar-refractivity contribution < 1.29 is 9.53 Å². The van der Waals surface area contributed by atoms with Crippen molar-refractivity contribution in [3.63, 3.8) is 0 Å². The van der Waals surface area contributed by atoms with E-state index in [9.17, 15) is 4.79 Å². The molecule has 1 aromatic heterocycles. The number of Topliss-reactive ketones (excluding diaryl/α,β-unsaturated/α-hetero) is 1. The molecular formula is C11H15NO2S. The fraction of sp³-hybridized carbons (Fsp3) is 0.455. The Bertz CT molecular complexity index is 339. The normalized spacial score (nSPS) is 10.4. The second kappa shape index (κ2) is 5.75. The number of hydrogen-bond acceptors (Lipinski definition) is 4. The third kappa shape index (κ3) is 3.91. The molecule has 0 aliphatic carbocycles. The van der Waals surface area contributed by atoms with Crippen molar-refractivity contribution in [3.8, 4) is 5.75 Å². The summed E-state index contributed by atoms with van der Waals surface area (Å²) in [6, 6.07) is 1.72. The van der Waals surface area contributed by atoms with E-state index in [1.165, 1.54) is 0 Å². The first-order valence-electron chi connectivity index (χ1n) is 4.77. The van der Waals surface area contributed by atoms with E-state index in [1.807, 2.05) is 0 Å². The van der Waals surface area contributed by atoms with Crippen LogP contribution < -0.4 is 4.74 Å². The lowest BCUT2D eigenvalue weighted by Crippen LogP contribution is -2.05. The van der Waals surface area contributed by atoms with Crippen LogP contribution >= 0.6 is 11.8 Å². The van der Waals surface area contributed by atoms with Crippen LogP contribution in [-0.4, -0.2) is 28.9 Å². The van der Waals surface area contributed by atoms with E-state index >= 15 is 0 Å². The summed E-state index contributed by atoms with van der Waals surface area (Å²) in [6.07, 6.45) is 3.16. The quantitative estimate of drug-likeness (QED) is 0.721. The van der Waals surface area contributed by atoms with Gasteiger partial charge >= 0.3 is 0 Å². The third-order valence-corrected chi connectivity index (χ3v) is 2.91. The molecule has 0 unspecified atom stereocenters. The summed E-state index contributed by atoms with van der Waals surface area (Å²) in [5.41, 5.74) is 0.613. The molecule has 0 amide bonds. The smallest absolute Gasteiger partial charge is 0.174 e. The summed E-state index contributed by atoms with van der Waals surface area (Å²) < 4.78 is 5.01. The van der Waals surface area contributed by atoms with Crippen LogP contribution in [0.25, 0.3) is 0 Å². The van der Waals surface area contributed by atoms with Crippen molar-refractivity contribution in [3.05, 3.63) is 24.0 Å². The van der Waals surface area contributed by atoms with Crippen molar-refractivity contribution in [2.24, 2.45) is 0 Å². The predicted octanol–water partition coefficient (Wildman–Crippen LogP) is 2.41. The molecule has 0 saturated heterocycles. The van der Waals surface area contributed by atoms with Crippen LogP contribution in [0.4, 0.5) is 0 Å². The minimum Gasteiger partial charge on any atom is -0.495 e. The Morgan fingerprint density at radius 3 is 2.87 bits per heavy atom. The zero-order valence-electron chi connectivity index (χ0n) is 9.19. The molecule has 0 aliphatic heterocycles. The standard InChI is InChI=1S/C11H15NO2S/c1-8(2)15-7-11(13)9-4-10(14-3)6-12-5-9/h4-6,8H,7H2,1-3H3. The Kier molecular flexibility index (Phi) is 4.62. The zero-order valence-corrected chi connectivity index (χ0v) is 10.0. The van der Waals surface area contributed by atoms with Gasteiger partial charge in [-0.3, -0.25) is 9.78 Å². The number of ether oxygens (including phenoxy) is 1. The Morgan fingerprint density at radius 1 is 1.53 bits per heavy atom. The fourth-order valence-electron chi connectivity index (χ4n) is 1.01. The number of ketones is 1. The van der Waals surface area contributed by atoms with Gasteiger partial charge in [-0.1, -0.05) is 13.8 Å². The zero-order chi connectivity index (χ0) is 11.3. The number of aromatic nitrogens is 1. The molecule has 3 nitrogen and oxygen atoms in total. The van der Waals surface area contributed by atoms with E-state index in [1.54, 1.807) is 37.3 Å². The van der Waals surface area contributed by atoms with Crippen LogP contribution in [-0.2, 0) is 0 Å². The lowest BCUT2D eigenvalue weighted by Gasteiger charge is -2.05. The Hall–Kier alpha value is -1.03. The van der Waals surface area contributed by atoms with Gasteiger partial charge in [0, 0.05) is 11.8 Å². The monoisotopic (exact) mass is 225 g/mol. The van der Waals surface area contributed by atoms with Crippen molar-refractivity contribution in [2.45, 2.75) is 19.1 Å². The molecule has 15 heavy (non-hydrogen) atoms. The van der Waals surface area contributed by atoms with E-state index < -0.39 is 0 Å². The molecule has 0 N–H and O–H groups in total. The molecule has 0 saturated carbocycles. The SMILES string of the molecule is COc1cncc(C(=O)CSC(C)C)c1. The number of carbonyl (C=O) groups excluding carboxylic acids is 1. The maximum absolute atomic E-state index is 11.7. The number of thioether (sulfide) groups is 1. The van der Waals surface area contributed by atoms with Gasteiger partial charge in [0.15, 0.2) is 5.78 Å². The second-order valence-electron chi connectivity index (χ2n) is 3.40. The second-order valence-corrected chi connectivity index (χ2v) is 4.96. The number of methoxy groups -OCH3 is 1. The highest BCUT2D eigenvalue weighted by Gasteiger charge is 2.08. The summed E-state index contributed by atoms with van der Waals surface area (Å²) in [6.45, 7) is 4.14. The first-order valence-corrected chi connectivity index (χ1v) is 5.82. The first kappa shape index (κ1) is 12.0. The highest BCUT2D eigenvalue weighted by Crippen LogP contribution is 2.15. The van der Waals surface area contributed by atoms with E-state index in [0.717, 1.165) is 0 Å². The minimum absolute atomic E-state index is 0.0973. The molecule has 4 heteroatoms. The van der Waals surface area contributed by atoms with E-state index in [4.69, 9.17) is 4.74 Å². The lowest BCUT2D eigenvalue weighted by molar-refractivity contribution is 0.102. The highest BCUT2D eigenvalue weighted by molar-refractivity contribution is 8.00. The van der Waals surface area contributed by atoms with Gasteiger partial charge in [0.05, 0.1) is 19.1 Å². The third-order valence-electron chi connectivity index (χ3n) is 1.82. The van der Waals surface area contributed by atoms with Gasteiger partial charge in [-0.25, -0.2) is 0 Å². The number of nitrogens with zero attached hydrogens (tertiary/aromatic N) is 1. The van der Waals surface area contributed by atoms with E-state index in [2.05, 4.69) is 18.8 Å². The number of hydrogen-bond donors (Lipinski definition) is 0. The summed E-state index contributed by atoms with van der Waals surface area (Å²) in [5.74, 6) is 1.21. The molecule has 0 atom stereocenters. The van der Waals surface area contributed by atoms with Gasteiger partial charge in [-0.2, -0.15) is 11.8 Å². The molecular weight excluding hydrogens is 210 g/mol. The average Bonchev–Trinajstić information content (AvgIpc) is 2.26. The van der Waals surface area contributed by atoms with Crippen molar-refractivity contribution in [2.75, 3.05) is 12.9 Å².